The van der Waals surface area contributed by atoms with Crippen LogP contribution < -0.4 is 0 Å². The molecule has 0 atom stereocenters. The normalized spacial score (nSPS) is 44.1. The van der Waals surface area contributed by atoms with Crippen LogP contribution in [0.2, 0.25) is 0 Å². The lowest BCUT2D eigenvalue weighted by Gasteiger charge is -2.57. The summed E-state index contributed by atoms with van der Waals surface area (Å²) >= 11 is 0. The number of carbonyl (C=O) groups is 1. The minimum atomic E-state index is -0.705. The molecule has 4 aliphatic rings. The molecule has 0 aromatic carbocycles. The van der Waals surface area contributed by atoms with Crippen LogP contribution in [-0.2, 0) is 4.79 Å². The Morgan fingerprint density at radius 3 is 2.00 bits per heavy atom. The highest BCUT2D eigenvalue weighted by atomic mass is 16.4. The molecule has 0 heterocycles. The molecule has 0 unspecified atom stereocenters. The zero-order valence-electron chi connectivity index (χ0n) is 10.6. The molecule has 0 amide bonds. The van der Waals surface area contributed by atoms with Gasteiger partial charge in [0.2, 0.25) is 0 Å². The van der Waals surface area contributed by atoms with E-state index in [0.717, 1.165) is 24.2 Å². The smallest absolute Gasteiger partial charge is 0.331 e. The summed E-state index contributed by atoms with van der Waals surface area (Å²) in [6.07, 6.45) is 10.8. The van der Waals surface area contributed by atoms with Gasteiger partial charge in [0.1, 0.15) is 0 Å². The topological polar surface area (TPSA) is 37.3 Å². The molecule has 4 rings (SSSR count). The van der Waals surface area contributed by atoms with Crippen LogP contribution in [0.15, 0.2) is 11.6 Å². The molecule has 4 fully saturated rings. The van der Waals surface area contributed by atoms with Gasteiger partial charge < -0.3 is 5.11 Å². The van der Waals surface area contributed by atoms with Crippen molar-refractivity contribution in [1.82, 2.24) is 0 Å². The van der Waals surface area contributed by atoms with Crippen LogP contribution in [0.25, 0.3) is 0 Å². The second-order valence-corrected chi connectivity index (χ2v) is 6.71. The quantitative estimate of drug-likeness (QED) is 0.757. The maximum atomic E-state index is 11.2. The van der Waals surface area contributed by atoms with Crippen LogP contribution >= 0.6 is 0 Å². The van der Waals surface area contributed by atoms with E-state index in [-0.39, 0.29) is 0 Å². The molecule has 4 aliphatic carbocycles. The third kappa shape index (κ3) is 1.92. The van der Waals surface area contributed by atoms with Crippen LogP contribution in [0.1, 0.15) is 51.9 Å². The van der Waals surface area contributed by atoms with Gasteiger partial charge in [-0.05, 0) is 75.0 Å². The number of carboxylic acid groups (broad SMARTS) is 1. The summed E-state index contributed by atoms with van der Waals surface area (Å²) in [5.41, 5.74) is 1.00. The van der Waals surface area contributed by atoms with Gasteiger partial charge in [0.15, 0.2) is 0 Å². The van der Waals surface area contributed by atoms with Crippen LogP contribution in [0.3, 0.4) is 0 Å². The fourth-order valence-corrected chi connectivity index (χ4v) is 5.21. The van der Waals surface area contributed by atoms with Crippen molar-refractivity contribution in [3.63, 3.8) is 0 Å². The first-order valence-corrected chi connectivity index (χ1v) is 6.99. The third-order valence-electron chi connectivity index (χ3n) is 5.35. The van der Waals surface area contributed by atoms with E-state index in [1.165, 1.54) is 38.5 Å². The molecule has 0 saturated heterocycles. The summed E-state index contributed by atoms with van der Waals surface area (Å²) in [7, 11) is 0. The zero-order chi connectivity index (χ0) is 12.0. The predicted octanol–water partition coefficient (Wildman–Crippen LogP) is 3.62. The number of aliphatic carboxylic acids is 1. The summed E-state index contributed by atoms with van der Waals surface area (Å²) < 4.78 is 0. The molecule has 0 aromatic rings. The monoisotopic (exact) mass is 234 g/mol. The first-order chi connectivity index (χ1) is 8.10. The second kappa shape index (κ2) is 3.86. The van der Waals surface area contributed by atoms with Gasteiger partial charge in [-0.3, -0.25) is 0 Å². The SMILES string of the molecule is C/C=C(\CC12CC3CC(CC(C3)C1)C2)C(=O)O. The molecule has 2 heteroatoms. The van der Waals surface area contributed by atoms with Crippen LogP contribution in [0.4, 0.5) is 0 Å². The molecule has 94 valence electrons. The standard InChI is InChI=1S/C15H22O2/c1-2-13(14(16)17)9-15-6-10-3-11(7-15)5-12(4-10)8-15/h2,10-12H,3-9H2,1H3,(H,16,17)/b13-2+. The summed E-state index contributed by atoms with van der Waals surface area (Å²) in [5.74, 6) is 2.03. The molecule has 2 nitrogen and oxygen atoms in total. The molecule has 17 heavy (non-hydrogen) atoms. The summed E-state index contributed by atoms with van der Waals surface area (Å²) in [4.78, 5) is 11.2. The van der Waals surface area contributed by atoms with E-state index in [1.807, 2.05) is 6.92 Å². The van der Waals surface area contributed by atoms with Gasteiger partial charge in [0, 0.05) is 5.57 Å². The Labute approximate surface area is 103 Å². The second-order valence-electron chi connectivity index (χ2n) is 6.71. The minimum Gasteiger partial charge on any atom is -0.478 e. The first kappa shape index (κ1) is 11.3. The van der Waals surface area contributed by atoms with Crippen LogP contribution in [-0.4, -0.2) is 11.1 Å². The maximum Gasteiger partial charge on any atom is 0.331 e. The zero-order valence-corrected chi connectivity index (χ0v) is 10.6. The molecule has 1 N–H and O–H groups in total. The first-order valence-electron chi connectivity index (χ1n) is 6.99. The highest BCUT2D eigenvalue weighted by Gasteiger charge is 2.51. The van der Waals surface area contributed by atoms with Crippen molar-refractivity contribution < 1.29 is 9.90 Å². The minimum absolute atomic E-state index is 0.356. The Bertz CT molecular complexity index is 332. The van der Waals surface area contributed by atoms with E-state index in [0.29, 0.717) is 11.0 Å². The lowest BCUT2D eigenvalue weighted by molar-refractivity contribution is -0.134. The lowest BCUT2D eigenvalue weighted by Crippen LogP contribution is -2.46. The van der Waals surface area contributed by atoms with Gasteiger partial charge in [0.25, 0.3) is 0 Å². The maximum absolute atomic E-state index is 11.2. The van der Waals surface area contributed by atoms with Crippen molar-refractivity contribution in [1.29, 1.82) is 0 Å². The number of allylic oxidation sites excluding steroid dienone is 1. The fourth-order valence-electron chi connectivity index (χ4n) is 5.21. The molecular weight excluding hydrogens is 212 g/mol. The Hall–Kier alpha value is -0.790. The molecule has 0 radical (unpaired) electrons. The van der Waals surface area contributed by atoms with Crippen LogP contribution in [0, 0.1) is 23.2 Å². The summed E-state index contributed by atoms with van der Waals surface area (Å²) in [6, 6.07) is 0. The average Bonchev–Trinajstić information content (AvgIpc) is 2.23. The van der Waals surface area contributed by atoms with Gasteiger partial charge in [0.05, 0.1) is 0 Å². The molecule has 0 spiro atoms. The van der Waals surface area contributed by atoms with E-state index >= 15 is 0 Å². The Balaban J connectivity index is 1.80. The van der Waals surface area contributed by atoms with Gasteiger partial charge in [-0.15, -0.1) is 0 Å². The van der Waals surface area contributed by atoms with Crippen molar-refractivity contribution in [3.05, 3.63) is 11.6 Å². The molecule has 0 aromatic heterocycles. The van der Waals surface area contributed by atoms with E-state index < -0.39 is 5.97 Å². The fraction of sp³-hybridized carbons (Fsp3) is 0.800. The lowest BCUT2D eigenvalue weighted by atomic mass is 9.48. The van der Waals surface area contributed by atoms with E-state index in [9.17, 15) is 9.90 Å². The number of rotatable bonds is 3. The van der Waals surface area contributed by atoms with Gasteiger partial charge in [-0.25, -0.2) is 4.79 Å². The van der Waals surface area contributed by atoms with Gasteiger partial charge in [-0.1, -0.05) is 6.08 Å². The van der Waals surface area contributed by atoms with Crippen molar-refractivity contribution in [2.75, 3.05) is 0 Å². The van der Waals surface area contributed by atoms with Crippen molar-refractivity contribution in [2.45, 2.75) is 51.9 Å². The van der Waals surface area contributed by atoms with Gasteiger partial charge >= 0.3 is 5.97 Å². The van der Waals surface area contributed by atoms with Crippen molar-refractivity contribution in [3.8, 4) is 0 Å². The van der Waals surface area contributed by atoms with Crippen molar-refractivity contribution in [2.24, 2.45) is 23.2 Å². The van der Waals surface area contributed by atoms with E-state index in [2.05, 4.69) is 0 Å². The average molecular weight is 234 g/mol. The Morgan fingerprint density at radius 1 is 1.18 bits per heavy atom. The number of hydrogen-bond donors (Lipinski definition) is 1. The van der Waals surface area contributed by atoms with E-state index in [1.54, 1.807) is 6.08 Å². The molecule has 4 saturated carbocycles. The highest BCUT2D eigenvalue weighted by molar-refractivity contribution is 5.86. The Kier molecular flexibility index (Phi) is 2.57. The molecule has 4 bridgehead atoms. The van der Waals surface area contributed by atoms with Gasteiger partial charge in [-0.2, -0.15) is 0 Å². The molecule has 0 aliphatic heterocycles. The Morgan fingerprint density at radius 2 is 1.65 bits per heavy atom. The van der Waals surface area contributed by atoms with Crippen molar-refractivity contribution >= 4 is 5.97 Å². The summed E-state index contributed by atoms with van der Waals surface area (Å²) in [6.45, 7) is 1.87. The van der Waals surface area contributed by atoms with E-state index in [4.69, 9.17) is 0 Å². The van der Waals surface area contributed by atoms with Crippen LogP contribution in [0.5, 0.6) is 0 Å². The molecular formula is C15H22O2. The number of hydrogen-bond acceptors (Lipinski definition) is 1. The largest absolute Gasteiger partial charge is 0.478 e. The summed E-state index contributed by atoms with van der Waals surface area (Å²) in [5, 5.41) is 9.21. The predicted molar refractivity (Wildman–Crippen MR) is 66.6 cm³/mol. The number of carboxylic acids is 1. The highest BCUT2D eigenvalue weighted by Crippen LogP contribution is 2.61. The third-order valence-corrected chi connectivity index (χ3v) is 5.35.